The number of nitrogens with one attached hydrogen (secondary N) is 1. The summed E-state index contributed by atoms with van der Waals surface area (Å²) in [6.45, 7) is 5.24. The standard InChI is InChI=1S/C15H21F3N2.2ClH/c1-2-3-4-14(20-7-5-19-6-8-20)12-9-11(16)10-13(17)15(12)18;;/h9-10,14,19H,2-8H2,1H3;2*1H/t14-;;/m0../s1. The van der Waals surface area contributed by atoms with E-state index in [-0.39, 0.29) is 36.4 Å². The predicted molar refractivity (Wildman–Crippen MR) is 87.5 cm³/mol. The third-order valence-corrected chi connectivity index (χ3v) is 3.80. The van der Waals surface area contributed by atoms with Crippen LogP contribution in [0.15, 0.2) is 12.1 Å². The highest BCUT2D eigenvalue weighted by Crippen LogP contribution is 2.30. The van der Waals surface area contributed by atoms with Crippen LogP contribution >= 0.6 is 24.8 Å². The van der Waals surface area contributed by atoms with Crippen molar-refractivity contribution in [2.75, 3.05) is 26.2 Å². The third kappa shape index (κ3) is 5.30. The summed E-state index contributed by atoms with van der Waals surface area (Å²) in [5.41, 5.74) is 0.151. The molecule has 1 aliphatic heterocycles. The molecule has 1 heterocycles. The Morgan fingerprint density at radius 2 is 1.77 bits per heavy atom. The molecule has 1 aromatic rings. The summed E-state index contributed by atoms with van der Waals surface area (Å²) in [4.78, 5) is 2.11. The van der Waals surface area contributed by atoms with Crippen molar-refractivity contribution in [3.8, 4) is 0 Å². The van der Waals surface area contributed by atoms with E-state index in [0.717, 1.165) is 51.5 Å². The van der Waals surface area contributed by atoms with Crippen molar-refractivity contribution in [2.24, 2.45) is 0 Å². The van der Waals surface area contributed by atoms with Crippen molar-refractivity contribution in [1.82, 2.24) is 10.2 Å². The molecule has 1 atom stereocenters. The highest BCUT2D eigenvalue weighted by Gasteiger charge is 2.26. The maximum absolute atomic E-state index is 14.0. The van der Waals surface area contributed by atoms with E-state index in [9.17, 15) is 13.2 Å². The van der Waals surface area contributed by atoms with Crippen molar-refractivity contribution >= 4 is 24.8 Å². The van der Waals surface area contributed by atoms with E-state index in [1.54, 1.807) is 0 Å². The van der Waals surface area contributed by atoms with Gasteiger partial charge in [-0.25, -0.2) is 13.2 Å². The van der Waals surface area contributed by atoms with E-state index in [4.69, 9.17) is 0 Å². The summed E-state index contributed by atoms with van der Waals surface area (Å²) in [6.07, 6.45) is 2.60. The maximum atomic E-state index is 14.0. The second-order valence-corrected chi connectivity index (χ2v) is 5.23. The van der Waals surface area contributed by atoms with Crippen LogP contribution in [-0.4, -0.2) is 31.1 Å². The number of piperazine rings is 1. The lowest BCUT2D eigenvalue weighted by Crippen LogP contribution is -2.45. The first-order valence-corrected chi connectivity index (χ1v) is 7.22. The molecule has 1 aliphatic rings. The number of hydrogen-bond donors (Lipinski definition) is 1. The Morgan fingerprint density at radius 1 is 1.14 bits per heavy atom. The zero-order valence-corrected chi connectivity index (χ0v) is 14.2. The molecule has 0 aromatic heterocycles. The number of benzene rings is 1. The lowest BCUT2D eigenvalue weighted by atomic mass is 9.98. The van der Waals surface area contributed by atoms with Crippen LogP contribution in [0.25, 0.3) is 0 Å². The molecule has 0 saturated carbocycles. The van der Waals surface area contributed by atoms with Crippen LogP contribution in [0.5, 0.6) is 0 Å². The fraction of sp³-hybridized carbons (Fsp3) is 0.600. The first kappa shape index (κ1) is 21.5. The van der Waals surface area contributed by atoms with Crippen molar-refractivity contribution in [1.29, 1.82) is 0 Å². The van der Waals surface area contributed by atoms with E-state index < -0.39 is 17.5 Å². The maximum Gasteiger partial charge on any atom is 0.163 e. The van der Waals surface area contributed by atoms with E-state index in [0.29, 0.717) is 6.07 Å². The number of nitrogens with zero attached hydrogens (tertiary/aromatic N) is 1. The number of halogens is 5. The van der Waals surface area contributed by atoms with Gasteiger partial charge in [-0.15, -0.1) is 24.8 Å². The minimum atomic E-state index is -1.10. The van der Waals surface area contributed by atoms with Crippen molar-refractivity contribution < 1.29 is 13.2 Å². The minimum absolute atomic E-state index is 0. The Hall–Kier alpha value is -0.490. The van der Waals surface area contributed by atoms with Crippen LogP contribution < -0.4 is 5.32 Å². The molecule has 2 nitrogen and oxygen atoms in total. The molecule has 0 aliphatic carbocycles. The van der Waals surface area contributed by atoms with Gasteiger partial charge in [0.2, 0.25) is 0 Å². The normalized spacial score (nSPS) is 16.5. The van der Waals surface area contributed by atoms with Crippen LogP contribution in [-0.2, 0) is 0 Å². The Balaban J connectivity index is 0.00000220. The fourth-order valence-corrected chi connectivity index (χ4v) is 2.74. The quantitative estimate of drug-likeness (QED) is 0.797. The average molecular weight is 359 g/mol. The van der Waals surface area contributed by atoms with E-state index in [1.165, 1.54) is 0 Å². The van der Waals surface area contributed by atoms with Gasteiger partial charge in [0, 0.05) is 43.9 Å². The number of unbranched alkanes of at least 4 members (excludes halogenated alkanes) is 1. The van der Waals surface area contributed by atoms with Crippen molar-refractivity contribution in [3.05, 3.63) is 35.1 Å². The molecule has 1 N–H and O–H groups in total. The van der Waals surface area contributed by atoms with Crippen molar-refractivity contribution in [2.45, 2.75) is 32.2 Å². The van der Waals surface area contributed by atoms with Gasteiger partial charge in [-0.2, -0.15) is 0 Å². The Labute approximate surface area is 142 Å². The molecule has 1 saturated heterocycles. The summed E-state index contributed by atoms with van der Waals surface area (Å²) < 4.78 is 40.9. The second-order valence-electron chi connectivity index (χ2n) is 5.23. The lowest BCUT2D eigenvalue weighted by Gasteiger charge is -2.35. The monoisotopic (exact) mass is 358 g/mol. The van der Waals surface area contributed by atoms with Crippen LogP contribution in [0.4, 0.5) is 13.2 Å². The van der Waals surface area contributed by atoms with Gasteiger partial charge >= 0.3 is 0 Å². The first-order chi connectivity index (χ1) is 9.63. The highest BCUT2D eigenvalue weighted by molar-refractivity contribution is 5.85. The molecular formula is C15H23Cl2F3N2. The summed E-state index contributed by atoms with van der Waals surface area (Å²) >= 11 is 0. The predicted octanol–water partition coefficient (Wildman–Crippen LogP) is 4.08. The van der Waals surface area contributed by atoms with Gasteiger partial charge in [-0.05, 0) is 12.5 Å². The van der Waals surface area contributed by atoms with Crippen LogP contribution in [0.3, 0.4) is 0 Å². The van der Waals surface area contributed by atoms with Gasteiger partial charge in [0.15, 0.2) is 11.6 Å². The van der Waals surface area contributed by atoms with Crippen LogP contribution in [0.1, 0.15) is 37.8 Å². The molecule has 2 rings (SSSR count). The zero-order valence-electron chi connectivity index (χ0n) is 12.6. The van der Waals surface area contributed by atoms with Gasteiger partial charge in [0.05, 0.1) is 0 Å². The largest absolute Gasteiger partial charge is 0.314 e. The molecular weight excluding hydrogens is 336 g/mol. The number of rotatable bonds is 5. The highest BCUT2D eigenvalue weighted by atomic mass is 35.5. The summed E-state index contributed by atoms with van der Waals surface area (Å²) in [5.74, 6) is -2.72. The average Bonchev–Trinajstić information content (AvgIpc) is 2.45. The molecule has 0 amide bonds. The van der Waals surface area contributed by atoms with Crippen LogP contribution in [0, 0.1) is 17.5 Å². The van der Waals surface area contributed by atoms with Crippen molar-refractivity contribution in [3.63, 3.8) is 0 Å². The third-order valence-electron chi connectivity index (χ3n) is 3.80. The van der Waals surface area contributed by atoms with Gasteiger partial charge < -0.3 is 5.32 Å². The molecule has 128 valence electrons. The molecule has 0 unspecified atom stereocenters. The first-order valence-electron chi connectivity index (χ1n) is 7.22. The molecule has 22 heavy (non-hydrogen) atoms. The van der Waals surface area contributed by atoms with E-state index in [1.807, 2.05) is 0 Å². The molecule has 0 spiro atoms. The molecule has 1 fully saturated rings. The van der Waals surface area contributed by atoms with Gasteiger partial charge in [0.25, 0.3) is 0 Å². The van der Waals surface area contributed by atoms with E-state index >= 15 is 0 Å². The molecule has 7 heteroatoms. The van der Waals surface area contributed by atoms with Gasteiger partial charge in [0.1, 0.15) is 5.82 Å². The second kappa shape index (κ2) is 10.3. The Kier molecular flexibility index (Phi) is 10.1. The number of hydrogen-bond acceptors (Lipinski definition) is 2. The van der Waals surface area contributed by atoms with E-state index in [2.05, 4.69) is 17.1 Å². The Morgan fingerprint density at radius 3 is 2.36 bits per heavy atom. The Bertz CT molecular complexity index is 455. The van der Waals surface area contributed by atoms with Crippen LogP contribution in [0.2, 0.25) is 0 Å². The SMILES string of the molecule is CCCC[C@@H](c1cc(F)cc(F)c1F)N1CCNCC1.Cl.Cl. The molecule has 0 bridgehead atoms. The summed E-state index contributed by atoms with van der Waals surface area (Å²) in [6, 6.07) is 1.50. The smallest absolute Gasteiger partial charge is 0.163 e. The molecule has 1 aromatic carbocycles. The summed E-state index contributed by atoms with van der Waals surface area (Å²) in [7, 11) is 0. The minimum Gasteiger partial charge on any atom is -0.314 e. The van der Waals surface area contributed by atoms with Gasteiger partial charge in [-0.1, -0.05) is 19.8 Å². The fourth-order valence-electron chi connectivity index (χ4n) is 2.74. The summed E-state index contributed by atoms with van der Waals surface area (Å²) in [5, 5.41) is 3.23. The topological polar surface area (TPSA) is 15.3 Å². The lowest BCUT2D eigenvalue weighted by molar-refractivity contribution is 0.159. The van der Waals surface area contributed by atoms with Gasteiger partial charge in [-0.3, -0.25) is 4.90 Å². The zero-order chi connectivity index (χ0) is 14.5. The molecule has 0 radical (unpaired) electrons.